The largest absolute Gasteiger partial charge is 0.467 e. The number of carbonyl (C=O) groups is 2. The highest BCUT2D eigenvalue weighted by molar-refractivity contribution is 7.10. The van der Waals surface area contributed by atoms with Crippen LogP contribution in [0.1, 0.15) is 38.3 Å². The zero-order valence-corrected chi connectivity index (χ0v) is 13.4. The van der Waals surface area contributed by atoms with Gasteiger partial charge in [-0.1, -0.05) is 5.16 Å². The molecule has 1 unspecified atom stereocenters. The molecule has 1 atom stereocenters. The minimum absolute atomic E-state index is 0.247. The fourth-order valence-corrected chi connectivity index (χ4v) is 3.74. The van der Waals surface area contributed by atoms with Crippen molar-refractivity contribution in [3.63, 3.8) is 0 Å². The molecule has 6 nitrogen and oxygen atoms in total. The second-order valence-electron chi connectivity index (χ2n) is 5.17. The van der Waals surface area contributed by atoms with Crippen molar-refractivity contribution in [3.05, 3.63) is 38.9 Å². The van der Waals surface area contributed by atoms with E-state index in [0.717, 1.165) is 16.9 Å². The molecule has 1 aliphatic heterocycles. The van der Waals surface area contributed by atoms with Crippen LogP contribution in [0.25, 0.3) is 0 Å². The monoisotopic (exact) mass is 320 g/mol. The number of methoxy groups -OCH3 is 1. The number of aryl methyl sites for hydroxylation is 2. The summed E-state index contributed by atoms with van der Waals surface area (Å²) in [5, 5.41) is 5.75. The number of amides is 1. The van der Waals surface area contributed by atoms with Crippen molar-refractivity contribution in [2.75, 3.05) is 13.7 Å². The van der Waals surface area contributed by atoms with Gasteiger partial charge in [0.1, 0.15) is 11.3 Å². The predicted molar refractivity (Wildman–Crippen MR) is 79.8 cm³/mol. The minimum Gasteiger partial charge on any atom is -0.467 e. The fraction of sp³-hybridized carbons (Fsp3) is 0.400. The predicted octanol–water partition coefficient (Wildman–Crippen LogP) is 2.27. The SMILES string of the molecule is COC(=O)C1c2ccsc2CCN1C(=O)c1c(C)noc1C. The lowest BCUT2D eigenvalue weighted by Crippen LogP contribution is -2.43. The molecule has 0 saturated heterocycles. The van der Waals surface area contributed by atoms with Crippen LogP contribution in [0.3, 0.4) is 0 Å². The van der Waals surface area contributed by atoms with Crippen molar-refractivity contribution in [2.45, 2.75) is 26.3 Å². The van der Waals surface area contributed by atoms with Gasteiger partial charge in [-0.15, -0.1) is 11.3 Å². The van der Waals surface area contributed by atoms with Gasteiger partial charge >= 0.3 is 5.97 Å². The van der Waals surface area contributed by atoms with E-state index in [1.807, 2.05) is 11.4 Å². The van der Waals surface area contributed by atoms with E-state index < -0.39 is 12.0 Å². The molecule has 0 radical (unpaired) electrons. The maximum absolute atomic E-state index is 12.9. The maximum Gasteiger partial charge on any atom is 0.333 e. The normalized spacial score (nSPS) is 17.2. The molecule has 0 N–H and O–H groups in total. The van der Waals surface area contributed by atoms with Crippen LogP contribution in [-0.4, -0.2) is 35.6 Å². The number of aromatic nitrogens is 1. The standard InChI is InChI=1S/C15H16N2O4S/c1-8-12(9(2)21-16-8)14(18)17-6-4-11-10(5-7-22-11)13(17)15(19)20-3/h5,7,13H,4,6H2,1-3H3. The molecule has 2 aromatic heterocycles. The van der Waals surface area contributed by atoms with E-state index in [9.17, 15) is 9.59 Å². The Morgan fingerprint density at radius 1 is 1.45 bits per heavy atom. The number of hydrogen-bond donors (Lipinski definition) is 0. The van der Waals surface area contributed by atoms with Crippen molar-refractivity contribution < 1.29 is 18.8 Å². The molecular weight excluding hydrogens is 304 g/mol. The van der Waals surface area contributed by atoms with Crippen LogP contribution in [0.4, 0.5) is 0 Å². The van der Waals surface area contributed by atoms with Gasteiger partial charge in [0.05, 0.1) is 12.8 Å². The molecule has 0 aliphatic carbocycles. The van der Waals surface area contributed by atoms with E-state index in [4.69, 9.17) is 9.26 Å². The van der Waals surface area contributed by atoms with Gasteiger partial charge < -0.3 is 14.2 Å². The second kappa shape index (κ2) is 5.57. The van der Waals surface area contributed by atoms with Crippen molar-refractivity contribution in [2.24, 2.45) is 0 Å². The molecule has 1 aliphatic rings. The lowest BCUT2D eigenvalue weighted by atomic mass is 9.98. The Kier molecular flexibility index (Phi) is 3.74. The Hall–Kier alpha value is -2.15. The van der Waals surface area contributed by atoms with Crippen molar-refractivity contribution in [1.82, 2.24) is 10.1 Å². The summed E-state index contributed by atoms with van der Waals surface area (Å²) in [5.74, 6) is -0.217. The van der Waals surface area contributed by atoms with Gasteiger partial charge in [-0.3, -0.25) is 4.79 Å². The molecule has 0 saturated carbocycles. The molecule has 0 bridgehead atoms. The summed E-state index contributed by atoms with van der Waals surface area (Å²) >= 11 is 1.60. The molecule has 22 heavy (non-hydrogen) atoms. The summed E-state index contributed by atoms with van der Waals surface area (Å²) in [4.78, 5) is 27.8. The summed E-state index contributed by atoms with van der Waals surface area (Å²) in [7, 11) is 1.33. The zero-order chi connectivity index (χ0) is 15.9. The highest BCUT2D eigenvalue weighted by Crippen LogP contribution is 2.35. The zero-order valence-electron chi connectivity index (χ0n) is 12.6. The number of carbonyl (C=O) groups excluding carboxylic acids is 2. The van der Waals surface area contributed by atoms with E-state index in [1.165, 1.54) is 7.11 Å². The van der Waals surface area contributed by atoms with Crippen LogP contribution >= 0.6 is 11.3 Å². The Bertz CT molecular complexity index is 714. The Labute approximate surface area is 131 Å². The Balaban J connectivity index is 2.02. The van der Waals surface area contributed by atoms with E-state index in [-0.39, 0.29) is 5.91 Å². The van der Waals surface area contributed by atoms with Gasteiger partial charge in [-0.05, 0) is 37.3 Å². The van der Waals surface area contributed by atoms with Gasteiger partial charge in [0.25, 0.3) is 5.91 Å². The van der Waals surface area contributed by atoms with E-state index in [1.54, 1.807) is 30.1 Å². The summed E-state index contributed by atoms with van der Waals surface area (Å²) in [6.07, 6.45) is 0.732. The molecule has 0 fully saturated rings. The highest BCUT2D eigenvalue weighted by Gasteiger charge is 2.39. The van der Waals surface area contributed by atoms with Crippen LogP contribution in [0.15, 0.2) is 16.0 Å². The first-order chi connectivity index (χ1) is 10.5. The summed E-state index contributed by atoms with van der Waals surface area (Å²) in [6, 6.07) is 1.18. The maximum atomic E-state index is 12.9. The molecule has 116 valence electrons. The smallest absolute Gasteiger partial charge is 0.333 e. The molecule has 0 spiro atoms. The van der Waals surface area contributed by atoms with E-state index >= 15 is 0 Å². The van der Waals surface area contributed by atoms with Crippen molar-refractivity contribution >= 4 is 23.2 Å². The number of rotatable bonds is 2. The molecule has 2 aromatic rings. The molecule has 0 aromatic carbocycles. The van der Waals surface area contributed by atoms with Gasteiger partial charge in [-0.2, -0.15) is 0 Å². The Morgan fingerprint density at radius 2 is 2.23 bits per heavy atom. The number of ether oxygens (including phenoxy) is 1. The average molecular weight is 320 g/mol. The third-order valence-electron chi connectivity index (χ3n) is 3.90. The first-order valence-corrected chi connectivity index (χ1v) is 7.80. The van der Waals surface area contributed by atoms with Gasteiger partial charge in [0.15, 0.2) is 6.04 Å². The third kappa shape index (κ3) is 2.21. The Morgan fingerprint density at radius 3 is 2.86 bits per heavy atom. The molecular formula is C15H16N2O4S. The van der Waals surface area contributed by atoms with Crippen LogP contribution < -0.4 is 0 Å². The van der Waals surface area contributed by atoms with Crippen molar-refractivity contribution in [1.29, 1.82) is 0 Å². The first kappa shape index (κ1) is 14.8. The fourth-order valence-electron chi connectivity index (χ4n) is 2.83. The number of fused-ring (bicyclic) bond motifs is 1. The van der Waals surface area contributed by atoms with Crippen LogP contribution in [0, 0.1) is 13.8 Å². The third-order valence-corrected chi connectivity index (χ3v) is 4.89. The number of thiophene rings is 1. The number of esters is 1. The lowest BCUT2D eigenvalue weighted by molar-refractivity contribution is -0.146. The second-order valence-corrected chi connectivity index (χ2v) is 6.17. The van der Waals surface area contributed by atoms with Crippen LogP contribution in [0.5, 0.6) is 0 Å². The minimum atomic E-state index is -0.707. The van der Waals surface area contributed by atoms with E-state index in [0.29, 0.717) is 23.6 Å². The number of nitrogens with zero attached hydrogens (tertiary/aromatic N) is 2. The molecule has 7 heteroatoms. The topological polar surface area (TPSA) is 72.6 Å². The summed E-state index contributed by atoms with van der Waals surface area (Å²) in [6.45, 7) is 3.88. The van der Waals surface area contributed by atoms with Gasteiger partial charge in [-0.25, -0.2) is 4.79 Å². The van der Waals surface area contributed by atoms with Crippen LogP contribution in [0.2, 0.25) is 0 Å². The molecule has 3 heterocycles. The first-order valence-electron chi connectivity index (χ1n) is 6.92. The highest BCUT2D eigenvalue weighted by atomic mass is 32.1. The van der Waals surface area contributed by atoms with Crippen LogP contribution in [-0.2, 0) is 16.0 Å². The molecule has 3 rings (SSSR count). The lowest BCUT2D eigenvalue weighted by Gasteiger charge is -2.33. The summed E-state index contributed by atoms with van der Waals surface area (Å²) in [5.41, 5.74) is 1.80. The van der Waals surface area contributed by atoms with Crippen molar-refractivity contribution in [3.8, 4) is 0 Å². The quantitative estimate of drug-likeness (QED) is 0.794. The van der Waals surface area contributed by atoms with Gasteiger partial charge in [0.2, 0.25) is 0 Å². The number of hydrogen-bond acceptors (Lipinski definition) is 6. The molecule has 1 amide bonds. The average Bonchev–Trinajstić information content (AvgIpc) is 3.11. The van der Waals surface area contributed by atoms with E-state index in [2.05, 4.69) is 5.16 Å². The van der Waals surface area contributed by atoms with Gasteiger partial charge in [0, 0.05) is 11.4 Å². The summed E-state index contributed by atoms with van der Waals surface area (Å²) < 4.78 is 9.98.